The van der Waals surface area contributed by atoms with E-state index in [0.29, 0.717) is 5.56 Å². The number of anilines is 1. The Kier molecular flexibility index (Phi) is 9.14. The first-order valence-corrected chi connectivity index (χ1v) is 12.7. The van der Waals surface area contributed by atoms with Crippen molar-refractivity contribution in [1.82, 2.24) is 9.03 Å². The topological polar surface area (TPSA) is 139 Å². The van der Waals surface area contributed by atoms with Gasteiger partial charge in [0.25, 0.3) is 5.91 Å². The Morgan fingerprint density at radius 2 is 1.73 bits per heavy atom. The number of carbonyl (C=O) groups is 2. The molecule has 2 aromatic carbocycles. The second-order valence-electron chi connectivity index (χ2n) is 6.72. The maximum Gasteiger partial charge on any atom is 0.321 e. The SMILES string of the molecule is CN(C)S(=O)(=O)c1cc(NC(=O)COC(=O)CNS(=O)(=O)/C=C/c2ccccc2)ccc1Cl. The van der Waals surface area contributed by atoms with Crippen LogP contribution in [0.15, 0.2) is 58.8 Å². The molecule has 0 radical (unpaired) electrons. The van der Waals surface area contributed by atoms with E-state index in [1.807, 2.05) is 4.72 Å². The zero-order valence-corrected chi connectivity index (χ0v) is 20.1. The Labute approximate surface area is 197 Å². The maximum atomic E-state index is 12.3. The van der Waals surface area contributed by atoms with Crippen LogP contribution < -0.4 is 10.0 Å². The van der Waals surface area contributed by atoms with E-state index in [9.17, 15) is 26.4 Å². The number of ether oxygens (including phenoxy) is 1. The van der Waals surface area contributed by atoms with Gasteiger partial charge in [0.15, 0.2) is 6.61 Å². The molecule has 0 saturated heterocycles. The first kappa shape index (κ1) is 26.5. The van der Waals surface area contributed by atoms with Gasteiger partial charge in [0.05, 0.1) is 5.02 Å². The van der Waals surface area contributed by atoms with E-state index in [1.54, 1.807) is 30.3 Å². The van der Waals surface area contributed by atoms with Crippen molar-refractivity contribution in [2.45, 2.75) is 4.90 Å². The number of carbonyl (C=O) groups excluding carboxylic acids is 2. The smallest absolute Gasteiger partial charge is 0.321 e. The lowest BCUT2D eigenvalue weighted by Crippen LogP contribution is -2.31. The molecule has 0 unspecified atom stereocenters. The molecular weight excluding hydrogens is 494 g/mol. The molecule has 10 nitrogen and oxygen atoms in total. The van der Waals surface area contributed by atoms with E-state index in [-0.39, 0.29) is 15.6 Å². The van der Waals surface area contributed by atoms with Crippen LogP contribution in [0.5, 0.6) is 0 Å². The largest absolute Gasteiger partial charge is 0.455 e. The van der Waals surface area contributed by atoms with E-state index in [0.717, 1.165) is 9.71 Å². The van der Waals surface area contributed by atoms with Crippen molar-refractivity contribution in [2.24, 2.45) is 0 Å². The third kappa shape index (κ3) is 8.26. The van der Waals surface area contributed by atoms with Gasteiger partial charge in [0, 0.05) is 25.2 Å². The van der Waals surface area contributed by atoms with Gasteiger partial charge in [0.2, 0.25) is 20.0 Å². The molecule has 2 rings (SSSR count). The van der Waals surface area contributed by atoms with Crippen molar-refractivity contribution in [3.8, 4) is 0 Å². The molecule has 33 heavy (non-hydrogen) atoms. The van der Waals surface area contributed by atoms with Crippen molar-refractivity contribution in [3.05, 3.63) is 64.5 Å². The van der Waals surface area contributed by atoms with Crippen molar-refractivity contribution < 1.29 is 31.2 Å². The number of hydrogen-bond donors (Lipinski definition) is 2. The lowest BCUT2D eigenvalue weighted by molar-refractivity contribution is -0.146. The number of benzene rings is 2. The van der Waals surface area contributed by atoms with Crippen molar-refractivity contribution >= 4 is 55.3 Å². The van der Waals surface area contributed by atoms with Crippen LogP contribution in [0.25, 0.3) is 6.08 Å². The molecule has 1 amide bonds. The normalized spacial score (nSPS) is 12.1. The molecule has 0 aliphatic heterocycles. The Morgan fingerprint density at radius 3 is 2.36 bits per heavy atom. The summed E-state index contributed by atoms with van der Waals surface area (Å²) >= 11 is 5.94. The van der Waals surface area contributed by atoms with E-state index in [2.05, 4.69) is 5.32 Å². The molecule has 13 heteroatoms. The van der Waals surface area contributed by atoms with E-state index >= 15 is 0 Å². The average Bonchev–Trinajstić information content (AvgIpc) is 2.77. The maximum absolute atomic E-state index is 12.3. The quantitative estimate of drug-likeness (QED) is 0.459. The van der Waals surface area contributed by atoms with Gasteiger partial charge in [0.1, 0.15) is 11.4 Å². The average molecular weight is 516 g/mol. The van der Waals surface area contributed by atoms with Crippen LogP contribution in [0.2, 0.25) is 5.02 Å². The van der Waals surface area contributed by atoms with Gasteiger partial charge in [-0.25, -0.2) is 25.9 Å². The summed E-state index contributed by atoms with van der Waals surface area (Å²) in [6, 6.07) is 12.5. The molecule has 0 aliphatic rings. The Morgan fingerprint density at radius 1 is 1.06 bits per heavy atom. The van der Waals surface area contributed by atoms with Gasteiger partial charge in [-0.3, -0.25) is 9.59 Å². The standard InChI is InChI=1S/C20H22ClN3O7S2/c1-24(2)33(29,30)18-12-16(8-9-17(18)21)23-19(25)14-31-20(26)13-22-32(27,28)11-10-15-6-4-3-5-7-15/h3-12,22H,13-14H2,1-2H3,(H,23,25)/b11-10+. The Bertz CT molecular complexity index is 1250. The van der Waals surface area contributed by atoms with Crippen molar-refractivity contribution in [3.63, 3.8) is 0 Å². The van der Waals surface area contributed by atoms with Crippen LogP contribution in [0.3, 0.4) is 0 Å². The lowest BCUT2D eigenvalue weighted by Gasteiger charge is -2.14. The minimum atomic E-state index is -3.90. The van der Waals surface area contributed by atoms with Crippen molar-refractivity contribution in [1.29, 1.82) is 0 Å². The van der Waals surface area contributed by atoms with E-state index in [1.165, 1.54) is 38.4 Å². The van der Waals surface area contributed by atoms with Gasteiger partial charge < -0.3 is 10.1 Å². The fourth-order valence-corrected chi connectivity index (χ4v) is 4.45. The number of amides is 1. The first-order chi connectivity index (χ1) is 15.4. The molecule has 0 aliphatic carbocycles. The van der Waals surface area contributed by atoms with Crippen LogP contribution >= 0.6 is 11.6 Å². The van der Waals surface area contributed by atoms with Crippen LogP contribution in [-0.4, -0.2) is 60.3 Å². The Hall–Kier alpha value is -2.77. The molecule has 0 spiro atoms. The van der Waals surface area contributed by atoms with Crippen LogP contribution in [0.1, 0.15) is 5.56 Å². The molecule has 0 heterocycles. The first-order valence-electron chi connectivity index (χ1n) is 9.31. The van der Waals surface area contributed by atoms with Crippen molar-refractivity contribution in [2.75, 3.05) is 32.6 Å². The number of nitrogens with zero attached hydrogens (tertiary/aromatic N) is 1. The van der Waals surface area contributed by atoms with Crippen LogP contribution in [-0.2, 0) is 34.4 Å². The summed E-state index contributed by atoms with van der Waals surface area (Å²) in [5, 5.41) is 3.26. The van der Waals surface area contributed by atoms with Gasteiger partial charge in [-0.2, -0.15) is 0 Å². The van der Waals surface area contributed by atoms with E-state index < -0.39 is 45.1 Å². The molecule has 0 fully saturated rings. The zero-order valence-electron chi connectivity index (χ0n) is 17.7. The minimum Gasteiger partial charge on any atom is -0.455 e. The molecule has 0 saturated carbocycles. The van der Waals surface area contributed by atoms with Gasteiger partial charge >= 0.3 is 5.97 Å². The van der Waals surface area contributed by atoms with E-state index in [4.69, 9.17) is 16.3 Å². The summed E-state index contributed by atoms with van der Waals surface area (Å²) in [7, 11) is -5.07. The number of hydrogen-bond acceptors (Lipinski definition) is 7. The molecule has 0 bridgehead atoms. The fraction of sp³-hybridized carbons (Fsp3) is 0.200. The third-order valence-electron chi connectivity index (χ3n) is 3.99. The zero-order chi connectivity index (χ0) is 24.6. The Balaban J connectivity index is 1.87. The van der Waals surface area contributed by atoms with Crippen LogP contribution in [0.4, 0.5) is 5.69 Å². The highest BCUT2D eigenvalue weighted by Gasteiger charge is 2.21. The van der Waals surface area contributed by atoms with Gasteiger partial charge in [-0.15, -0.1) is 0 Å². The molecule has 178 valence electrons. The predicted molar refractivity (Wildman–Crippen MR) is 124 cm³/mol. The second kappa shape index (κ2) is 11.4. The number of esters is 1. The number of halogens is 1. The monoisotopic (exact) mass is 515 g/mol. The highest BCUT2D eigenvalue weighted by atomic mass is 35.5. The highest BCUT2D eigenvalue weighted by molar-refractivity contribution is 7.92. The van der Waals surface area contributed by atoms with Crippen LogP contribution in [0, 0.1) is 0 Å². The fourth-order valence-electron chi connectivity index (χ4n) is 2.31. The van der Waals surface area contributed by atoms with Gasteiger partial charge in [-0.1, -0.05) is 41.9 Å². The summed E-state index contributed by atoms with van der Waals surface area (Å²) in [6.45, 7) is -1.39. The summed E-state index contributed by atoms with van der Waals surface area (Å²) < 4.78 is 56.2. The minimum absolute atomic E-state index is 0.0262. The summed E-state index contributed by atoms with van der Waals surface area (Å²) in [6.07, 6.45) is 1.36. The second-order valence-corrected chi connectivity index (χ2v) is 10.9. The molecule has 0 aromatic heterocycles. The molecule has 2 N–H and O–H groups in total. The summed E-state index contributed by atoms with van der Waals surface area (Å²) in [5.41, 5.74) is 0.776. The molecular formula is C20H22ClN3O7S2. The summed E-state index contributed by atoms with van der Waals surface area (Å²) in [4.78, 5) is 23.6. The third-order valence-corrected chi connectivity index (χ3v) is 7.33. The molecule has 0 atom stereocenters. The summed E-state index contributed by atoms with van der Waals surface area (Å²) in [5.74, 6) is -1.74. The highest BCUT2D eigenvalue weighted by Crippen LogP contribution is 2.26. The number of rotatable bonds is 10. The lowest BCUT2D eigenvalue weighted by atomic mass is 10.2. The number of nitrogens with one attached hydrogen (secondary N) is 2. The van der Waals surface area contributed by atoms with Gasteiger partial charge in [-0.05, 0) is 29.8 Å². The number of sulfonamides is 2. The molecule has 2 aromatic rings. The predicted octanol–water partition coefficient (Wildman–Crippen LogP) is 1.66.